The molecule has 11 heteroatoms. The average Bonchev–Trinajstić information content (AvgIpc) is 3.35. The maximum atomic E-state index is 14.2. The fourth-order valence-electron chi connectivity index (χ4n) is 3.76. The van der Waals surface area contributed by atoms with Gasteiger partial charge in [0, 0.05) is 30.4 Å². The fourth-order valence-corrected chi connectivity index (χ4v) is 3.76. The molecule has 2 aliphatic rings. The number of anilines is 2. The molecule has 2 fully saturated rings. The number of morpholine rings is 1. The number of ether oxygens (including phenoxy) is 1. The van der Waals surface area contributed by atoms with Gasteiger partial charge >= 0.3 is 5.97 Å². The van der Waals surface area contributed by atoms with Crippen molar-refractivity contribution in [1.29, 1.82) is 0 Å². The third kappa shape index (κ3) is 3.77. The molecule has 0 amide bonds. The first-order valence-electron chi connectivity index (χ1n) is 10.0. The largest absolute Gasteiger partial charge is 0.477 e. The molecule has 1 saturated heterocycles. The van der Waals surface area contributed by atoms with Crippen LogP contribution in [0.2, 0.25) is 0 Å². The minimum absolute atomic E-state index is 0.0131. The molecule has 4 N–H and O–H groups in total. The molecular weight excluding hydrogens is 405 g/mol. The molecule has 1 aliphatic heterocycles. The van der Waals surface area contributed by atoms with E-state index in [-0.39, 0.29) is 22.8 Å². The molecule has 162 valence electrons. The summed E-state index contributed by atoms with van der Waals surface area (Å²) in [4.78, 5) is 22.3. The summed E-state index contributed by atoms with van der Waals surface area (Å²) in [7, 11) is 0. The lowest BCUT2D eigenvalue weighted by Crippen LogP contribution is -2.41. The molecule has 0 bridgehead atoms. The van der Waals surface area contributed by atoms with Crippen molar-refractivity contribution in [3.63, 3.8) is 0 Å². The molecule has 1 aliphatic carbocycles. The van der Waals surface area contributed by atoms with E-state index in [1.54, 1.807) is 12.3 Å². The Bertz CT molecular complexity index is 1150. The van der Waals surface area contributed by atoms with Crippen LogP contribution in [0.25, 0.3) is 5.65 Å². The Morgan fingerprint density at radius 3 is 3.03 bits per heavy atom. The molecule has 3 aromatic rings. The first kappa shape index (κ1) is 19.6. The van der Waals surface area contributed by atoms with Crippen molar-refractivity contribution < 1.29 is 19.0 Å². The van der Waals surface area contributed by atoms with Crippen molar-refractivity contribution in [1.82, 2.24) is 19.6 Å². The van der Waals surface area contributed by atoms with Crippen LogP contribution in [0.15, 0.2) is 30.7 Å². The van der Waals surface area contributed by atoms with Gasteiger partial charge in [0.2, 0.25) is 0 Å². The topological polar surface area (TPSA) is 131 Å². The van der Waals surface area contributed by atoms with E-state index in [9.17, 15) is 14.3 Å². The maximum Gasteiger partial charge on any atom is 0.341 e. The van der Waals surface area contributed by atoms with E-state index in [0.717, 1.165) is 12.8 Å². The summed E-state index contributed by atoms with van der Waals surface area (Å²) < 4.78 is 21.3. The van der Waals surface area contributed by atoms with Crippen LogP contribution >= 0.6 is 0 Å². The van der Waals surface area contributed by atoms with Crippen LogP contribution < -0.4 is 16.0 Å². The lowest BCUT2D eigenvalue weighted by atomic mass is 10.0. The summed E-state index contributed by atoms with van der Waals surface area (Å²) in [5, 5.41) is 16.7. The number of nitrogens with zero attached hydrogens (tertiary/aromatic N) is 5. The lowest BCUT2D eigenvalue weighted by molar-refractivity contribution is 0.0698. The van der Waals surface area contributed by atoms with Crippen molar-refractivity contribution in [2.24, 2.45) is 5.73 Å². The first-order valence-corrected chi connectivity index (χ1v) is 10.0. The van der Waals surface area contributed by atoms with Crippen LogP contribution in [0.4, 0.5) is 16.0 Å². The summed E-state index contributed by atoms with van der Waals surface area (Å²) >= 11 is 0. The van der Waals surface area contributed by atoms with Gasteiger partial charge in [-0.15, -0.1) is 0 Å². The van der Waals surface area contributed by atoms with Crippen molar-refractivity contribution in [3.8, 4) is 0 Å². The number of aromatic nitrogens is 4. The highest BCUT2D eigenvalue weighted by Gasteiger charge is 2.38. The minimum atomic E-state index is -1.10. The number of hydrogen-bond donors (Lipinski definition) is 3. The number of pyridine rings is 1. The van der Waals surface area contributed by atoms with Gasteiger partial charge in [0.15, 0.2) is 5.65 Å². The number of rotatable bonds is 6. The molecule has 10 nitrogen and oxygen atoms in total. The number of carboxylic acid groups (broad SMARTS) is 1. The number of halogens is 1. The number of fused-ring (bicyclic) bond motifs is 1. The zero-order valence-corrected chi connectivity index (χ0v) is 16.7. The van der Waals surface area contributed by atoms with Crippen LogP contribution in [0.5, 0.6) is 0 Å². The standard InChI is InChI=1S/C20H22FN7O3/c21-12-7-13(17(23-8-12)24-11-20(22)2-3-20)15-10-31-6-5-27(15)16-1-4-28-18(26-16)14(9-25-28)19(29)30/h1,4,7-9,15H,2-3,5-6,10-11,22H2,(H,23,24)(H,29,30). The average molecular weight is 427 g/mol. The molecule has 0 radical (unpaired) electrons. The van der Waals surface area contributed by atoms with Gasteiger partial charge in [0.1, 0.15) is 23.0 Å². The molecule has 5 rings (SSSR count). The van der Waals surface area contributed by atoms with Gasteiger partial charge < -0.3 is 25.8 Å². The number of nitrogens with two attached hydrogens (primary N) is 1. The zero-order valence-electron chi connectivity index (χ0n) is 16.7. The predicted octanol–water partition coefficient (Wildman–Crippen LogP) is 1.44. The van der Waals surface area contributed by atoms with Crippen molar-refractivity contribution in [2.45, 2.75) is 24.4 Å². The second-order valence-electron chi connectivity index (χ2n) is 8.01. The number of nitrogens with one attached hydrogen (secondary N) is 1. The monoisotopic (exact) mass is 427 g/mol. The van der Waals surface area contributed by atoms with E-state index in [2.05, 4.69) is 20.4 Å². The van der Waals surface area contributed by atoms with Crippen LogP contribution in [-0.2, 0) is 4.74 Å². The van der Waals surface area contributed by atoms with E-state index in [1.165, 1.54) is 23.0 Å². The van der Waals surface area contributed by atoms with Crippen LogP contribution in [0.3, 0.4) is 0 Å². The third-order valence-corrected chi connectivity index (χ3v) is 5.75. The van der Waals surface area contributed by atoms with E-state index in [1.807, 2.05) is 4.90 Å². The van der Waals surface area contributed by atoms with Crippen molar-refractivity contribution >= 4 is 23.3 Å². The number of carboxylic acids is 1. The maximum absolute atomic E-state index is 14.2. The Morgan fingerprint density at radius 1 is 1.42 bits per heavy atom. The van der Waals surface area contributed by atoms with Crippen LogP contribution in [-0.4, -0.2) is 62.5 Å². The van der Waals surface area contributed by atoms with Gasteiger partial charge in [-0.1, -0.05) is 0 Å². The highest BCUT2D eigenvalue weighted by molar-refractivity contribution is 5.94. The molecule has 31 heavy (non-hydrogen) atoms. The van der Waals surface area contributed by atoms with Gasteiger partial charge in [-0.05, 0) is 25.0 Å². The van der Waals surface area contributed by atoms with Gasteiger partial charge in [-0.3, -0.25) is 0 Å². The second kappa shape index (κ2) is 7.43. The number of aromatic carboxylic acids is 1. The molecular formula is C20H22FN7O3. The normalized spacial score (nSPS) is 20.1. The molecule has 1 unspecified atom stereocenters. The first-order chi connectivity index (χ1) is 14.9. The quantitative estimate of drug-likeness (QED) is 0.535. The zero-order chi connectivity index (χ0) is 21.6. The summed E-state index contributed by atoms with van der Waals surface area (Å²) in [6.45, 7) is 1.83. The molecule has 1 saturated carbocycles. The Hall–Kier alpha value is -3.31. The van der Waals surface area contributed by atoms with Gasteiger partial charge in [-0.25, -0.2) is 23.7 Å². The lowest BCUT2D eigenvalue weighted by Gasteiger charge is -2.37. The smallest absolute Gasteiger partial charge is 0.341 e. The highest BCUT2D eigenvalue weighted by Crippen LogP contribution is 2.35. The summed E-state index contributed by atoms with van der Waals surface area (Å²) in [5.74, 6) is -0.450. The Labute approximate surface area is 176 Å². The molecule has 0 aromatic carbocycles. The van der Waals surface area contributed by atoms with Crippen molar-refractivity contribution in [3.05, 3.63) is 47.7 Å². The van der Waals surface area contributed by atoms with E-state index < -0.39 is 11.8 Å². The highest BCUT2D eigenvalue weighted by atomic mass is 19.1. The van der Waals surface area contributed by atoms with Crippen LogP contribution in [0.1, 0.15) is 34.8 Å². The molecule has 0 spiro atoms. The Morgan fingerprint density at radius 2 is 2.26 bits per heavy atom. The second-order valence-corrected chi connectivity index (χ2v) is 8.01. The molecule has 1 atom stereocenters. The third-order valence-electron chi connectivity index (χ3n) is 5.75. The van der Waals surface area contributed by atoms with Gasteiger partial charge in [-0.2, -0.15) is 5.10 Å². The van der Waals surface area contributed by atoms with E-state index in [4.69, 9.17) is 10.5 Å². The van der Waals surface area contributed by atoms with E-state index >= 15 is 0 Å². The Balaban J connectivity index is 1.51. The van der Waals surface area contributed by atoms with Crippen LogP contribution in [0, 0.1) is 5.82 Å². The fraction of sp³-hybridized carbons (Fsp3) is 0.400. The molecule has 3 aromatic heterocycles. The number of carbonyl (C=O) groups is 1. The van der Waals surface area contributed by atoms with Gasteiger partial charge in [0.25, 0.3) is 0 Å². The van der Waals surface area contributed by atoms with Gasteiger partial charge in [0.05, 0.1) is 31.6 Å². The minimum Gasteiger partial charge on any atom is -0.477 e. The van der Waals surface area contributed by atoms with E-state index in [0.29, 0.717) is 43.5 Å². The molecule has 4 heterocycles. The Kier molecular flexibility index (Phi) is 4.71. The summed E-state index contributed by atoms with van der Waals surface area (Å²) in [5.41, 5.74) is 6.84. The summed E-state index contributed by atoms with van der Waals surface area (Å²) in [6.07, 6.45) is 5.98. The summed E-state index contributed by atoms with van der Waals surface area (Å²) in [6, 6.07) is 2.83. The van der Waals surface area contributed by atoms with Crippen molar-refractivity contribution in [2.75, 3.05) is 36.5 Å². The predicted molar refractivity (Wildman–Crippen MR) is 110 cm³/mol. The SMILES string of the molecule is NC1(CNc2ncc(F)cc2C2COCCN2c2ccn3ncc(C(=O)O)c3n2)CC1. The number of hydrogen-bond acceptors (Lipinski definition) is 8.